The Morgan fingerprint density at radius 2 is 2.10 bits per heavy atom. The summed E-state index contributed by atoms with van der Waals surface area (Å²) in [6.07, 6.45) is 0. The van der Waals surface area contributed by atoms with Gasteiger partial charge in [-0.3, -0.25) is 9.48 Å². The van der Waals surface area contributed by atoms with Gasteiger partial charge in [0, 0.05) is 16.0 Å². The van der Waals surface area contributed by atoms with Crippen LogP contribution >= 0.6 is 34.2 Å². The van der Waals surface area contributed by atoms with E-state index in [9.17, 15) is 9.90 Å². The third-order valence-corrected chi connectivity index (χ3v) is 4.81. The van der Waals surface area contributed by atoms with Gasteiger partial charge in [0.2, 0.25) is 0 Å². The molecule has 1 aromatic carbocycles. The number of nitrogens with zero attached hydrogens (tertiary/aromatic N) is 2. The van der Waals surface area contributed by atoms with Gasteiger partial charge in [0.15, 0.2) is 0 Å². The Morgan fingerprint density at radius 3 is 2.71 bits per heavy atom. The van der Waals surface area contributed by atoms with Gasteiger partial charge in [-0.2, -0.15) is 5.10 Å². The van der Waals surface area contributed by atoms with E-state index < -0.39 is 0 Å². The van der Waals surface area contributed by atoms with Crippen molar-refractivity contribution in [3.8, 4) is 17.0 Å². The molecule has 2 N–H and O–H groups in total. The number of H-pyrrole nitrogens is 1. The number of aromatic nitrogens is 3. The Morgan fingerprint density at radius 1 is 1.38 bits per heavy atom. The number of halogens is 2. The summed E-state index contributed by atoms with van der Waals surface area (Å²) in [5.74, 6) is -0.0636. The van der Waals surface area contributed by atoms with Gasteiger partial charge in [-0.1, -0.05) is 11.6 Å². The van der Waals surface area contributed by atoms with Gasteiger partial charge in [0.25, 0.3) is 5.56 Å². The Balaban J connectivity index is 2.42. The molecule has 7 heteroatoms. The van der Waals surface area contributed by atoms with Gasteiger partial charge < -0.3 is 10.1 Å². The highest BCUT2D eigenvalue weighted by Crippen LogP contribution is 2.34. The van der Waals surface area contributed by atoms with Crippen molar-refractivity contribution in [3.05, 3.63) is 42.8 Å². The number of hydrogen-bond acceptors (Lipinski definition) is 3. The Kier molecular flexibility index (Phi) is 3.45. The maximum Gasteiger partial charge on any atom is 0.261 e. The fourth-order valence-electron chi connectivity index (χ4n) is 2.36. The number of nitrogens with one attached hydrogen (secondary N) is 1. The summed E-state index contributed by atoms with van der Waals surface area (Å²) in [5, 5.41) is 15.8. The summed E-state index contributed by atoms with van der Waals surface area (Å²) in [5.41, 5.74) is 1.68. The minimum atomic E-state index is -0.375. The molecular formula is C14H11ClIN3O2. The Hall–Kier alpha value is -1.54. The maximum atomic E-state index is 12.3. The van der Waals surface area contributed by atoms with Crippen LogP contribution < -0.4 is 5.56 Å². The smallest absolute Gasteiger partial charge is 0.261 e. The monoisotopic (exact) mass is 415 g/mol. The molecule has 2 aromatic heterocycles. The van der Waals surface area contributed by atoms with Gasteiger partial charge in [-0.05, 0) is 47.7 Å². The number of benzene rings is 1. The molecule has 21 heavy (non-hydrogen) atoms. The van der Waals surface area contributed by atoms with Crippen molar-refractivity contribution in [1.29, 1.82) is 0 Å². The number of rotatable bonds is 1. The molecule has 0 aliphatic carbocycles. The average Bonchev–Trinajstić information content (AvgIpc) is 2.71. The van der Waals surface area contributed by atoms with Crippen molar-refractivity contribution >= 4 is 45.1 Å². The highest BCUT2D eigenvalue weighted by atomic mass is 127. The van der Waals surface area contributed by atoms with E-state index in [2.05, 4.69) is 32.7 Å². The zero-order chi connectivity index (χ0) is 15.3. The molecule has 108 valence electrons. The number of aromatic hydroxyl groups is 1. The Bertz CT molecular complexity index is 930. The normalized spacial score (nSPS) is 11.2. The number of aryl methyl sites for hydroxylation is 2. The minimum Gasteiger partial charge on any atom is -0.506 e. The highest BCUT2D eigenvalue weighted by molar-refractivity contribution is 14.1. The molecule has 0 fully saturated rings. The van der Waals surface area contributed by atoms with Crippen LogP contribution in [-0.4, -0.2) is 19.9 Å². The molecule has 5 nitrogen and oxygen atoms in total. The highest BCUT2D eigenvalue weighted by Gasteiger charge is 2.18. The van der Waals surface area contributed by atoms with Crippen molar-refractivity contribution in [2.75, 3.05) is 0 Å². The van der Waals surface area contributed by atoms with E-state index in [4.69, 9.17) is 11.6 Å². The number of pyridine rings is 1. The van der Waals surface area contributed by atoms with Crippen molar-refractivity contribution < 1.29 is 5.11 Å². The van der Waals surface area contributed by atoms with Gasteiger partial charge in [-0.25, -0.2) is 0 Å². The molecule has 2 heterocycles. The molecular weight excluding hydrogens is 405 g/mol. The van der Waals surface area contributed by atoms with Gasteiger partial charge in [-0.15, -0.1) is 0 Å². The molecule has 0 bridgehead atoms. The lowest BCUT2D eigenvalue weighted by Crippen LogP contribution is -2.11. The summed E-state index contributed by atoms with van der Waals surface area (Å²) in [6, 6.07) is 5.14. The van der Waals surface area contributed by atoms with Crippen LogP contribution in [-0.2, 0) is 7.05 Å². The minimum absolute atomic E-state index is 0.0636. The van der Waals surface area contributed by atoms with E-state index in [-0.39, 0.29) is 16.9 Å². The fraction of sp³-hybridized carbons (Fsp3) is 0.143. The SMILES string of the molecule is Cc1cc(-c2c(O)c3cc(I)c(Cl)cc3[nH]c2=O)n(C)n1. The lowest BCUT2D eigenvalue weighted by Gasteiger charge is -2.09. The second-order valence-corrected chi connectivity index (χ2v) is 6.35. The van der Waals surface area contributed by atoms with Crippen molar-refractivity contribution in [3.63, 3.8) is 0 Å². The van der Waals surface area contributed by atoms with Crippen LogP contribution in [0.1, 0.15) is 5.69 Å². The van der Waals surface area contributed by atoms with Crippen LogP contribution in [0.2, 0.25) is 5.02 Å². The summed E-state index contributed by atoms with van der Waals surface area (Å²) in [7, 11) is 1.73. The van der Waals surface area contributed by atoms with Crippen molar-refractivity contribution in [2.24, 2.45) is 7.05 Å². The maximum absolute atomic E-state index is 12.3. The molecule has 0 saturated carbocycles. The predicted octanol–water partition coefficient (Wildman–Crippen LogP) is 3.20. The standard InChI is InChI=1S/C14H11ClIN3O2/c1-6-3-11(19(2)18-6)12-13(20)7-4-9(16)8(15)5-10(7)17-14(12)21/h3-5H,1-2H3,(H2,17,20,21). The molecule has 0 amide bonds. The topological polar surface area (TPSA) is 70.9 Å². The second kappa shape index (κ2) is 5.03. The average molecular weight is 416 g/mol. The molecule has 3 aromatic rings. The third kappa shape index (κ3) is 2.32. The summed E-state index contributed by atoms with van der Waals surface area (Å²) < 4.78 is 2.38. The van der Waals surface area contributed by atoms with Crippen LogP contribution in [0, 0.1) is 10.5 Å². The zero-order valence-electron chi connectivity index (χ0n) is 11.2. The molecule has 3 rings (SSSR count). The molecule has 0 radical (unpaired) electrons. The van der Waals surface area contributed by atoms with Crippen LogP contribution in [0.3, 0.4) is 0 Å². The van der Waals surface area contributed by atoms with Crippen LogP contribution in [0.5, 0.6) is 5.75 Å². The van der Waals surface area contributed by atoms with Crippen LogP contribution in [0.25, 0.3) is 22.2 Å². The number of hydrogen-bond donors (Lipinski definition) is 2. The molecule has 0 aliphatic rings. The van der Waals surface area contributed by atoms with E-state index in [1.165, 1.54) is 0 Å². The zero-order valence-corrected chi connectivity index (χ0v) is 14.2. The van der Waals surface area contributed by atoms with E-state index in [0.717, 1.165) is 9.26 Å². The number of fused-ring (bicyclic) bond motifs is 1. The predicted molar refractivity (Wildman–Crippen MR) is 90.9 cm³/mol. The summed E-state index contributed by atoms with van der Waals surface area (Å²) >= 11 is 8.13. The van der Waals surface area contributed by atoms with E-state index in [1.807, 2.05) is 6.92 Å². The molecule has 0 unspecified atom stereocenters. The first-order valence-corrected chi connectivity index (χ1v) is 7.59. The first kappa shape index (κ1) is 14.4. The van der Waals surface area contributed by atoms with E-state index in [0.29, 0.717) is 21.6 Å². The first-order valence-electron chi connectivity index (χ1n) is 6.13. The first-order chi connectivity index (χ1) is 9.88. The third-order valence-electron chi connectivity index (χ3n) is 3.29. The van der Waals surface area contributed by atoms with Gasteiger partial charge >= 0.3 is 0 Å². The largest absolute Gasteiger partial charge is 0.506 e. The molecule has 0 saturated heterocycles. The van der Waals surface area contributed by atoms with Gasteiger partial charge in [0.05, 0.1) is 21.9 Å². The van der Waals surface area contributed by atoms with Crippen LogP contribution in [0.15, 0.2) is 23.0 Å². The molecule has 0 spiro atoms. The lowest BCUT2D eigenvalue weighted by molar-refractivity contribution is 0.482. The fourth-order valence-corrected chi connectivity index (χ4v) is 2.99. The molecule has 0 atom stereocenters. The van der Waals surface area contributed by atoms with Crippen molar-refractivity contribution in [1.82, 2.24) is 14.8 Å². The summed E-state index contributed by atoms with van der Waals surface area (Å²) in [6.45, 7) is 1.83. The van der Waals surface area contributed by atoms with Crippen molar-refractivity contribution in [2.45, 2.75) is 6.92 Å². The van der Waals surface area contributed by atoms with Crippen LogP contribution in [0.4, 0.5) is 0 Å². The summed E-state index contributed by atoms with van der Waals surface area (Å²) in [4.78, 5) is 15.1. The molecule has 0 aliphatic heterocycles. The quantitative estimate of drug-likeness (QED) is 0.600. The second-order valence-electron chi connectivity index (χ2n) is 4.78. The van der Waals surface area contributed by atoms with Gasteiger partial charge in [0.1, 0.15) is 11.3 Å². The number of aromatic amines is 1. The van der Waals surface area contributed by atoms with E-state index in [1.54, 1.807) is 29.9 Å². The lowest BCUT2D eigenvalue weighted by atomic mass is 10.1. The Labute approximate surface area is 138 Å². The van der Waals surface area contributed by atoms with E-state index >= 15 is 0 Å².